The van der Waals surface area contributed by atoms with Gasteiger partial charge in [0.05, 0.1) is 5.69 Å². The molecule has 1 aromatic rings. The summed E-state index contributed by atoms with van der Waals surface area (Å²) in [4.78, 5) is 1.52. The van der Waals surface area contributed by atoms with Gasteiger partial charge in [-0.15, -0.1) is 0 Å². The standard InChI is InChI=1S/C18H33NS/c1-5-7-9-11-13-18(4,14-12-10-8-6-2)17-15-16(3)19-20-17/h15H,5-14H2,1-4H3. The summed E-state index contributed by atoms with van der Waals surface area (Å²) in [6, 6.07) is 2.32. The highest BCUT2D eigenvalue weighted by atomic mass is 32.1. The molecule has 0 unspecified atom stereocenters. The van der Waals surface area contributed by atoms with Gasteiger partial charge in [0.1, 0.15) is 0 Å². The summed E-state index contributed by atoms with van der Waals surface area (Å²) < 4.78 is 4.51. The van der Waals surface area contributed by atoms with Gasteiger partial charge in [-0.3, -0.25) is 0 Å². The Bertz CT molecular complexity index is 344. The highest BCUT2D eigenvalue weighted by molar-refractivity contribution is 7.06. The highest BCUT2D eigenvalue weighted by Gasteiger charge is 2.27. The van der Waals surface area contributed by atoms with Crippen molar-refractivity contribution in [2.45, 2.75) is 97.3 Å². The molecule has 0 bridgehead atoms. The lowest BCUT2D eigenvalue weighted by molar-refractivity contribution is 0.370. The number of rotatable bonds is 11. The molecule has 0 saturated heterocycles. The fraction of sp³-hybridized carbons (Fsp3) is 0.833. The smallest absolute Gasteiger partial charge is 0.0514 e. The summed E-state index contributed by atoms with van der Waals surface area (Å²) in [6.45, 7) is 9.17. The number of aromatic nitrogens is 1. The van der Waals surface area contributed by atoms with Crippen molar-refractivity contribution >= 4 is 11.5 Å². The molecule has 0 spiro atoms. The fourth-order valence-electron chi connectivity index (χ4n) is 2.90. The van der Waals surface area contributed by atoms with Crippen molar-refractivity contribution in [1.82, 2.24) is 4.37 Å². The van der Waals surface area contributed by atoms with Crippen LogP contribution in [0.5, 0.6) is 0 Å². The molecule has 20 heavy (non-hydrogen) atoms. The third-order valence-corrected chi connectivity index (χ3v) is 5.57. The van der Waals surface area contributed by atoms with Gasteiger partial charge in [0.25, 0.3) is 0 Å². The lowest BCUT2D eigenvalue weighted by Gasteiger charge is -2.28. The molecule has 116 valence electrons. The summed E-state index contributed by atoms with van der Waals surface area (Å²) >= 11 is 1.73. The van der Waals surface area contributed by atoms with Crippen LogP contribution in [0.15, 0.2) is 6.07 Å². The zero-order valence-corrected chi connectivity index (χ0v) is 14.8. The van der Waals surface area contributed by atoms with Crippen molar-refractivity contribution in [3.05, 3.63) is 16.6 Å². The number of hydrogen-bond donors (Lipinski definition) is 0. The molecule has 0 fully saturated rings. The van der Waals surface area contributed by atoms with Crippen LogP contribution in [0.25, 0.3) is 0 Å². The predicted molar refractivity (Wildman–Crippen MR) is 91.7 cm³/mol. The first-order chi connectivity index (χ1) is 9.62. The molecule has 0 N–H and O–H groups in total. The molecular formula is C18H33NS. The summed E-state index contributed by atoms with van der Waals surface area (Å²) in [5.74, 6) is 0. The van der Waals surface area contributed by atoms with Crippen LogP contribution in [-0.2, 0) is 5.41 Å². The molecule has 0 aliphatic rings. The molecule has 1 heterocycles. The Morgan fingerprint density at radius 2 is 1.50 bits per heavy atom. The molecule has 0 aromatic carbocycles. The summed E-state index contributed by atoms with van der Waals surface area (Å²) in [7, 11) is 0. The average Bonchev–Trinajstić information content (AvgIpc) is 2.87. The van der Waals surface area contributed by atoms with Crippen LogP contribution >= 0.6 is 11.5 Å². The quantitative estimate of drug-likeness (QED) is 0.416. The van der Waals surface area contributed by atoms with Crippen LogP contribution in [0.2, 0.25) is 0 Å². The van der Waals surface area contributed by atoms with Gasteiger partial charge in [-0.05, 0) is 37.4 Å². The third-order valence-electron chi connectivity index (χ3n) is 4.39. The molecule has 2 heteroatoms. The zero-order valence-electron chi connectivity index (χ0n) is 14.0. The molecule has 0 radical (unpaired) electrons. The maximum atomic E-state index is 4.51. The van der Waals surface area contributed by atoms with E-state index < -0.39 is 0 Å². The second-order valence-corrected chi connectivity index (χ2v) is 7.32. The number of nitrogens with zero attached hydrogens (tertiary/aromatic N) is 1. The monoisotopic (exact) mass is 295 g/mol. The van der Waals surface area contributed by atoms with Crippen LogP contribution in [0, 0.1) is 6.92 Å². The lowest BCUT2D eigenvalue weighted by atomic mass is 9.78. The number of unbranched alkanes of at least 4 members (excludes halogenated alkanes) is 6. The largest absolute Gasteiger partial charge is 0.198 e. The van der Waals surface area contributed by atoms with Gasteiger partial charge in [0, 0.05) is 10.3 Å². The minimum absolute atomic E-state index is 0.368. The first-order valence-electron chi connectivity index (χ1n) is 8.56. The van der Waals surface area contributed by atoms with E-state index in [1.165, 1.54) is 74.8 Å². The van der Waals surface area contributed by atoms with E-state index >= 15 is 0 Å². The predicted octanol–water partition coefficient (Wildman–Crippen LogP) is 6.65. The minimum atomic E-state index is 0.368. The van der Waals surface area contributed by atoms with Gasteiger partial charge in [0.2, 0.25) is 0 Å². The van der Waals surface area contributed by atoms with Gasteiger partial charge in [0.15, 0.2) is 0 Å². The molecule has 1 rings (SSSR count). The first-order valence-corrected chi connectivity index (χ1v) is 9.33. The molecule has 1 nitrogen and oxygen atoms in total. The Morgan fingerprint density at radius 3 is 1.90 bits per heavy atom. The number of hydrogen-bond acceptors (Lipinski definition) is 2. The van der Waals surface area contributed by atoms with E-state index in [1.807, 2.05) is 0 Å². The van der Waals surface area contributed by atoms with Crippen molar-refractivity contribution < 1.29 is 0 Å². The molecule has 0 aliphatic heterocycles. The van der Waals surface area contributed by atoms with E-state index in [4.69, 9.17) is 0 Å². The van der Waals surface area contributed by atoms with Crippen LogP contribution in [0.4, 0.5) is 0 Å². The average molecular weight is 296 g/mol. The van der Waals surface area contributed by atoms with Crippen molar-refractivity contribution in [2.24, 2.45) is 0 Å². The molecule has 1 aromatic heterocycles. The van der Waals surface area contributed by atoms with Crippen molar-refractivity contribution in [1.29, 1.82) is 0 Å². The highest BCUT2D eigenvalue weighted by Crippen LogP contribution is 2.37. The van der Waals surface area contributed by atoms with Gasteiger partial charge in [-0.25, -0.2) is 0 Å². The lowest BCUT2D eigenvalue weighted by Crippen LogP contribution is -2.20. The Balaban J connectivity index is 2.57. The van der Waals surface area contributed by atoms with Crippen LogP contribution < -0.4 is 0 Å². The molecule has 0 aliphatic carbocycles. The molecular weight excluding hydrogens is 262 g/mol. The van der Waals surface area contributed by atoms with Gasteiger partial charge >= 0.3 is 0 Å². The fourth-order valence-corrected chi connectivity index (χ4v) is 3.85. The Labute approximate surface area is 130 Å². The molecule has 0 atom stereocenters. The Kier molecular flexibility index (Phi) is 8.44. The minimum Gasteiger partial charge on any atom is -0.198 e. The Morgan fingerprint density at radius 1 is 0.950 bits per heavy atom. The van der Waals surface area contributed by atoms with Crippen molar-refractivity contribution in [3.8, 4) is 0 Å². The van der Waals surface area contributed by atoms with Gasteiger partial charge in [-0.2, -0.15) is 4.37 Å². The van der Waals surface area contributed by atoms with Crippen molar-refractivity contribution in [3.63, 3.8) is 0 Å². The topological polar surface area (TPSA) is 12.9 Å². The maximum Gasteiger partial charge on any atom is 0.0514 e. The molecule has 0 saturated carbocycles. The van der Waals surface area contributed by atoms with Gasteiger partial charge < -0.3 is 0 Å². The SMILES string of the molecule is CCCCCCC(C)(CCCCCC)c1cc(C)ns1. The number of aryl methyl sites for hydroxylation is 1. The van der Waals surface area contributed by atoms with Crippen LogP contribution in [0.1, 0.15) is 95.6 Å². The first kappa shape index (κ1) is 17.7. The van der Waals surface area contributed by atoms with Gasteiger partial charge in [-0.1, -0.05) is 72.1 Å². The molecule has 0 amide bonds. The van der Waals surface area contributed by atoms with E-state index in [0.29, 0.717) is 5.41 Å². The van der Waals surface area contributed by atoms with Crippen LogP contribution in [0.3, 0.4) is 0 Å². The third kappa shape index (κ3) is 5.95. The normalized spacial score (nSPS) is 12.0. The van der Waals surface area contributed by atoms with E-state index in [0.717, 1.165) is 0 Å². The van der Waals surface area contributed by atoms with Crippen LogP contribution in [-0.4, -0.2) is 4.37 Å². The zero-order chi connectivity index (χ0) is 14.8. The Hall–Kier alpha value is -0.370. The second kappa shape index (κ2) is 9.55. The van der Waals surface area contributed by atoms with E-state index in [-0.39, 0.29) is 0 Å². The summed E-state index contributed by atoms with van der Waals surface area (Å²) in [5.41, 5.74) is 1.56. The van der Waals surface area contributed by atoms with E-state index in [1.54, 1.807) is 11.5 Å². The second-order valence-electron chi connectivity index (χ2n) is 6.51. The van der Waals surface area contributed by atoms with Crippen molar-refractivity contribution in [2.75, 3.05) is 0 Å². The maximum absolute atomic E-state index is 4.51. The summed E-state index contributed by atoms with van der Waals surface area (Å²) in [6.07, 6.45) is 13.6. The van der Waals surface area contributed by atoms with E-state index in [2.05, 4.69) is 38.1 Å². The van der Waals surface area contributed by atoms with E-state index in [9.17, 15) is 0 Å². The summed E-state index contributed by atoms with van der Waals surface area (Å²) in [5, 5.41) is 0.